The van der Waals surface area contributed by atoms with Gasteiger partial charge in [-0.3, -0.25) is 9.59 Å². The topological polar surface area (TPSA) is 67.2 Å². The molecule has 1 aromatic heterocycles. The predicted molar refractivity (Wildman–Crippen MR) is 147 cm³/mol. The van der Waals surface area contributed by atoms with E-state index < -0.39 is 0 Å². The average Bonchev–Trinajstić information content (AvgIpc) is 3.22. The second-order valence-electron chi connectivity index (χ2n) is 9.85. The van der Waals surface area contributed by atoms with E-state index in [0.29, 0.717) is 18.7 Å². The van der Waals surface area contributed by atoms with Crippen LogP contribution in [-0.4, -0.2) is 44.9 Å². The molecule has 36 heavy (non-hydrogen) atoms. The monoisotopic (exact) mass is 490 g/mol. The van der Waals surface area contributed by atoms with E-state index in [-0.39, 0.29) is 23.9 Å². The van der Waals surface area contributed by atoms with Crippen molar-refractivity contribution in [2.24, 2.45) is 0 Å². The minimum Gasteiger partial charge on any atom is -0.352 e. The maximum absolute atomic E-state index is 13.5. The number of nitrogens with one attached hydrogen (secondary N) is 1. The van der Waals surface area contributed by atoms with Gasteiger partial charge in [0.2, 0.25) is 5.91 Å². The Kier molecular flexibility index (Phi) is 10.1. The second kappa shape index (κ2) is 13.2. The van der Waals surface area contributed by atoms with E-state index in [1.165, 1.54) is 0 Å². The van der Waals surface area contributed by atoms with Crippen molar-refractivity contribution in [2.75, 3.05) is 6.54 Å². The van der Waals surface area contributed by atoms with Gasteiger partial charge in [0.25, 0.3) is 5.91 Å². The number of fused-ring (bicyclic) bond motifs is 1. The molecule has 6 nitrogen and oxygen atoms in total. The number of unbranched alkanes of at least 4 members (excludes halogenated alkanes) is 2. The van der Waals surface area contributed by atoms with Gasteiger partial charge in [0.05, 0.1) is 11.0 Å². The van der Waals surface area contributed by atoms with Gasteiger partial charge in [-0.2, -0.15) is 0 Å². The first-order valence-corrected chi connectivity index (χ1v) is 13.5. The van der Waals surface area contributed by atoms with E-state index in [9.17, 15) is 9.59 Å². The van der Waals surface area contributed by atoms with Crippen molar-refractivity contribution in [3.63, 3.8) is 0 Å². The number of para-hydroxylation sites is 2. The number of carbonyl (C=O) groups excluding carboxylic acids is 2. The van der Waals surface area contributed by atoms with Crippen LogP contribution in [0.5, 0.6) is 0 Å². The molecule has 6 heteroatoms. The first-order valence-electron chi connectivity index (χ1n) is 13.5. The van der Waals surface area contributed by atoms with Crippen LogP contribution in [0.4, 0.5) is 0 Å². The number of aryl methyl sites for hydroxylation is 2. The predicted octanol–water partition coefficient (Wildman–Crippen LogP) is 5.91. The highest BCUT2D eigenvalue weighted by Gasteiger charge is 2.25. The van der Waals surface area contributed by atoms with Gasteiger partial charge in [-0.15, -0.1) is 0 Å². The molecule has 2 atom stereocenters. The number of rotatable bonds is 13. The molecule has 2 unspecified atom stereocenters. The lowest BCUT2D eigenvalue weighted by Crippen LogP contribution is -2.45. The Morgan fingerprint density at radius 1 is 0.972 bits per heavy atom. The summed E-state index contributed by atoms with van der Waals surface area (Å²) >= 11 is 0. The summed E-state index contributed by atoms with van der Waals surface area (Å²) in [6, 6.07) is 16.1. The zero-order valence-electron chi connectivity index (χ0n) is 22.6. The number of hydrogen-bond donors (Lipinski definition) is 1. The number of benzene rings is 2. The third-order valence-corrected chi connectivity index (χ3v) is 7.09. The van der Waals surface area contributed by atoms with Gasteiger partial charge in [0.1, 0.15) is 12.4 Å². The molecule has 2 aromatic carbocycles. The lowest BCUT2D eigenvalue weighted by molar-refractivity contribution is -0.136. The summed E-state index contributed by atoms with van der Waals surface area (Å²) in [4.78, 5) is 32.7. The number of carbonyl (C=O) groups is 2. The fraction of sp³-hybridized carbons (Fsp3) is 0.500. The Morgan fingerprint density at radius 2 is 1.69 bits per heavy atom. The molecule has 1 heterocycles. The molecule has 2 amide bonds. The SMILES string of the molecule is CCC(C)N(C(=O)Cn1c(CCCCCNC(=O)c2cccc(C)c2)nc2ccccc21)C(C)CC. The van der Waals surface area contributed by atoms with Gasteiger partial charge in [-0.05, 0) is 70.7 Å². The van der Waals surface area contributed by atoms with Crippen molar-refractivity contribution in [1.82, 2.24) is 19.8 Å². The molecule has 0 bridgehead atoms. The third kappa shape index (κ3) is 6.96. The van der Waals surface area contributed by atoms with Gasteiger partial charge >= 0.3 is 0 Å². The van der Waals surface area contributed by atoms with E-state index in [2.05, 4.69) is 48.5 Å². The fourth-order valence-corrected chi connectivity index (χ4v) is 4.70. The Hall–Kier alpha value is -3.15. The summed E-state index contributed by atoms with van der Waals surface area (Å²) < 4.78 is 2.11. The molecule has 0 saturated heterocycles. The number of imidazole rings is 1. The van der Waals surface area contributed by atoms with E-state index in [4.69, 9.17) is 4.98 Å². The summed E-state index contributed by atoms with van der Waals surface area (Å²) in [5.41, 5.74) is 3.74. The van der Waals surface area contributed by atoms with Crippen LogP contribution in [0.3, 0.4) is 0 Å². The minimum absolute atomic E-state index is 0.0221. The highest BCUT2D eigenvalue weighted by molar-refractivity contribution is 5.94. The Balaban J connectivity index is 1.60. The molecular formula is C30H42N4O2. The minimum atomic E-state index is -0.0221. The molecule has 194 valence electrons. The molecule has 3 aromatic rings. The summed E-state index contributed by atoms with van der Waals surface area (Å²) in [7, 11) is 0. The standard InChI is InChI=1S/C30H42N4O2/c1-6-23(4)34(24(5)7-2)29(35)21-33-27-17-11-10-16-26(27)32-28(33)18-9-8-12-19-31-30(36)25-15-13-14-22(3)20-25/h10-11,13-17,20,23-24H,6-9,12,18-19,21H2,1-5H3,(H,31,36). The van der Waals surface area contributed by atoms with Crippen molar-refractivity contribution in [3.8, 4) is 0 Å². The lowest BCUT2D eigenvalue weighted by atomic mass is 10.1. The summed E-state index contributed by atoms with van der Waals surface area (Å²) in [6.45, 7) is 11.5. The average molecular weight is 491 g/mol. The third-order valence-electron chi connectivity index (χ3n) is 7.09. The van der Waals surface area contributed by atoms with Crippen LogP contribution in [0, 0.1) is 6.92 Å². The number of hydrogen-bond acceptors (Lipinski definition) is 3. The molecule has 0 saturated carbocycles. The van der Waals surface area contributed by atoms with Crippen LogP contribution in [-0.2, 0) is 17.8 Å². The highest BCUT2D eigenvalue weighted by Crippen LogP contribution is 2.20. The lowest BCUT2D eigenvalue weighted by Gasteiger charge is -2.34. The van der Waals surface area contributed by atoms with Crippen molar-refractivity contribution in [1.29, 1.82) is 0 Å². The Bertz CT molecular complexity index is 1140. The van der Waals surface area contributed by atoms with Gasteiger partial charge in [-0.1, -0.05) is 50.1 Å². The molecule has 0 fully saturated rings. The first-order chi connectivity index (χ1) is 17.3. The van der Waals surface area contributed by atoms with E-state index in [0.717, 1.165) is 60.9 Å². The molecule has 1 N–H and O–H groups in total. The Labute approximate surface area is 216 Å². The molecule has 0 aliphatic carbocycles. The highest BCUT2D eigenvalue weighted by atomic mass is 16.2. The first kappa shape index (κ1) is 27.4. The van der Waals surface area contributed by atoms with Gasteiger partial charge < -0.3 is 14.8 Å². The van der Waals surface area contributed by atoms with Crippen LogP contribution in [0.1, 0.15) is 81.5 Å². The van der Waals surface area contributed by atoms with Crippen LogP contribution < -0.4 is 5.32 Å². The fourth-order valence-electron chi connectivity index (χ4n) is 4.70. The van der Waals surface area contributed by atoms with E-state index in [1.807, 2.05) is 49.4 Å². The molecular weight excluding hydrogens is 448 g/mol. The van der Waals surface area contributed by atoms with Crippen molar-refractivity contribution in [2.45, 2.75) is 91.8 Å². The Morgan fingerprint density at radius 3 is 2.39 bits per heavy atom. The molecule has 0 aliphatic rings. The molecule has 0 radical (unpaired) electrons. The van der Waals surface area contributed by atoms with Gasteiger partial charge in [-0.25, -0.2) is 4.98 Å². The number of nitrogens with zero attached hydrogens (tertiary/aromatic N) is 3. The van der Waals surface area contributed by atoms with Crippen LogP contribution in [0.15, 0.2) is 48.5 Å². The summed E-state index contributed by atoms with van der Waals surface area (Å²) in [5, 5.41) is 3.02. The molecule has 0 spiro atoms. The van der Waals surface area contributed by atoms with E-state index >= 15 is 0 Å². The summed E-state index contributed by atoms with van der Waals surface area (Å²) in [6.07, 6.45) is 5.53. The summed E-state index contributed by atoms with van der Waals surface area (Å²) in [5.74, 6) is 1.09. The number of aromatic nitrogens is 2. The largest absolute Gasteiger partial charge is 0.352 e. The van der Waals surface area contributed by atoms with Crippen molar-refractivity contribution < 1.29 is 9.59 Å². The smallest absolute Gasteiger partial charge is 0.251 e. The zero-order valence-corrected chi connectivity index (χ0v) is 22.6. The van der Waals surface area contributed by atoms with Crippen molar-refractivity contribution in [3.05, 3.63) is 65.5 Å². The maximum atomic E-state index is 13.5. The quantitative estimate of drug-likeness (QED) is 0.303. The number of amides is 2. The van der Waals surface area contributed by atoms with Gasteiger partial charge in [0, 0.05) is 30.6 Å². The normalized spacial score (nSPS) is 12.9. The molecule has 0 aliphatic heterocycles. The van der Waals surface area contributed by atoms with E-state index in [1.54, 1.807) is 0 Å². The maximum Gasteiger partial charge on any atom is 0.251 e. The van der Waals surface area contributed by atoms with Crippen LogP contribution in [0.25, 0.3) is 11.0 Å². The van der Waals surface area contributed by atoms with Gasteiger partial charge in [0.15, 0.2) is 0 Å². The van der Waals surface area contributed by atoms with Crippen molar-refractivity contribution >= 4 is 22.8 Å². The zero-order chi connectivity index (χ0) is 26.1. The van der Waals surface area contributed by atoms with Crippen LogP contribution >= 0.6 is 0 Å². The molecule has 3 rings (SSSR count). The second-order valence-corrected chi connectivity index (χ2v) is 9.85. The van der Waals surface area contributed by atoms with Crippen LogP contribution in [0.2, 0.25) is 0 Å².